The lowest BCUT2D eigenvalue weighted by Gasteiger charge is -2.02. The van der Waals surface area contributed by atoms with E-state index in [2.05, 4.69) is 89.5 Å². The first-order chi connectivity index (χ1) is 14.4. The van der Waals surface area contributed by atoms with E-state index >= 15 is 0 Å². The number of nitrogens with zero attached hydrogens (tertiary/aromatic N) is 2. The Morgan fingerprint density at radius 2 is 1.31 bits per heavy atom. The molecule has 0 atom stereocenters. The second-order valence-electron chi connectivity index (χ2n) is 7.25. The fourth-order valence-electron chi connectivity index (χ4n) is 4.44. The van der Waals surface area contributed by atoms with Gasteiger partial charge in [0.1, 0.15) is 0 Å². The van der Waals surface area contributed by atoms with Gasteiger partial charge in [-0.15, -0.1) is 11.3 Å². The van der Waals surface area contributed by atoms with Crippen molar-refractivity contribution in [3.05, 3.63) is 84.9 Å². The van der Waals surface area contributed by atoms with Crippen molar-refractivity contribution in [3.8, 4) is 5.13 Å². The molecule has 0 aliphatic carbocycles. The molecule has 0 saturated carbocycles. The van der Waals surface area contributed by atoms with Crippen molar-refractivity contribution in [3.63, 3.8) is 0 Å². The molecule has 7 aromatic rings. The van der Waals surface area contributed by atoms with Gasteiger partial charge < -0.3 is 0 Å². The molecule has 0 aliphatic rings. The fraction of sp³-hybridized carbons (Fsp3) is 0. The molecule has 0 amide bonds. The topological polar surface area (TPSA) is 17.8 Å². The highest BCUT2D eigenvalue weighted by Crippen LogP contribution is 2.43. The molecule has 0 bridgehead atoms. The third kappa shape index (κ3) is 2.07. The zero-order valence-electron chi connectivity index (χ0n) is 15.3. The second kappa shape index (κ2) is 5.66. The second-order valence-corrected chi connectivity index (χ2v) is 9.34. The first-order valence-electron chi connectivity index (χ1n) is 9.58. The van der Waals surface area contributed by atoms with Gasteiger partial charge in [0.25, 0.3) is 0 Å². The van der Waals surface area contributed by atoms with Crippen LogP contribution in [0.2, 0.25) is 0 Å². The monoisotopic (exact) mass is 406 g/mol. The van der Waals surface area contributed by atoms with Gasteiger partial charge in [0.2, 0.25) is 0 Å². The van der Waals surface area contributed by atoms with Crippen LogP contribution in [-0.4, -0.2) is 9.55 Å². The molecule has 4 aromatic carbocycles. The number of para-hydroxylation sites is 2. The Kier molecular flexibility index (Phi) is 3.06. The zero-order chi connectivity index (χ0) is 18.9. The van der Waals surface area contributed by atoms with Crippen molar-refractivity contribution >= 4 is 74.9 Å². The molecule has 0 aliphatic heterocycles. The highest BCUT2D eigenvalue weighted by Gasteiger charge is 2.18. The molecule has 29 heavy (non-hydrogen) atoms. The van der Waals surface area contributed by atoms with Gasteiger partial charge in [-0.2, -0.15) is 0 Å². The number of benzene rings is 4. The summed E-state index contributed by atoms with van der Waals surface area (Å²) in [7, 11) is 0. The molecular formula is C25H14N2S2. The van der Waals surface area contributed by atoms with E-state index in [4.69, 9.17) is 4.98 Å². The van der Waals surface area contributed by atoms with Gasteiger partial charge in [-0.3, -0.25) is 4.57 Å². The van der Waals surface area contributed by atoms with E-state index in [1.165, 1.54) is 46.7 Å². The van der Waals surface area contributed by atoms with E-state index in [9.17, 15) is 0 Å². The predicted molar refractivity (Wildman–Crippen MR) is 127 cm³/mol. The van der Waals surface area contributed by atoms with E-state index in [-0.39, 0.29) is 0 Å². The Hall–Kier alpha value is -3.21. The van der Waals surface area contributed by atoms with Crippen LogP contribution in [0.5, 0.6) is 0 Å². The van der Waals surface area contributed by atoms with Gasteiger partial charge in [-0.05, 0) is 36.4 Å². The average molecular weight is 407 g/mol. The molecule has 4 heteroatoms. The fourth-order valence-corrected chi connectivity index (χ4v) is 6.54. The van der Waals surface area contributed by atoms with Gasteiger partial charge in [-0.25, -0.2) is 4.98 Å². The minimum atomic E-state index is 1.02. The van der Waals surface area contributed by atoms with Crippen molar-refractivity contribution in [1.29, 1.82) is 0 Å². The van der Waals surface area contributed by atoms with E-state index in [0.29, 0.717) is 0 Å². The summed E-state index contributed by atoms with van der Waals surface area (Å²) in [4.78, 5) is 4.97. The summed E-state index contributed by atoms with van der Waals surface area (Å²) in [5, 5.41) is 6.34. The van der Waals surface area contributed by atoms with Gasteiger partial charge in [-0.1, -0.05) is 59.9 Å². The number of hydrogen-bond donors (Lipinski definition) is 0. The van der Waals surface area contributed by atoms with Crippen molar-refractivity contribution < 1.29 is 0 Å². The number of hydrogen-bond acceptors (Lipinski definition) is 3. The maximum Gasteiger partial charge on any atom is 0.195 e. The van der Waals surface area contributed by atoms with Gasteiger partial charge in [0.05, 0.1) is 21.3 Å². The SMILES string of the molecule is c1ccc2sc(-n3c4ccccc4c4c5c(ccc43)sc3ccccc35)nc2c1. The maximum absolute atomic E-state index is 4.97. The van der Waals surface area contributed by atoms with Crippen LogP contribution in [-0.2, 0) is 0 Å². The molecule has 0 spiro atoms. The predicted octanol–water partition coefficient (Wildman–Crippen LogP) is 7.76. The van der Waals surface area contributed by atoms with E-state index in [1.54, 1.807) is 11.3 Å². The number of fused-ring (bicyclic) bond motifs is 8. The van der Waals surface area contributed by atoms with E-state index in [1.807, 2.05) is 11.3 Å². The van der Waals surface area contributed by atoms with Crippen LogP contribution in [0.3, 0.4) is 0 Å². The molecule has 0 N–H and O–H groups in total. The lowest BCUT2D eigenvalue weighted by molar-refractivity contribution is 1.15. The van der Waals surface area contributed by atoms with Crippen LogP contribution >= 0.6 is 22.7 Å². The summed E-state index contributed by atoms with van der Waals surface area (Å²) in [5.41, 5.74) is 3.49. The Morgan fingerprint density at radius 3 is 2.21 bits per heavy atom. The van der Waals surface area contributed by atoms with Crippen LogP contribution in [0.4, 0.5) is 0 Å². The summed E-state index contributed by atoms with van der Waals surface area (Å²) < 4.78 is 6.23. The molecule has 7 rings (SSSR count). The zero-order valence-corrected chi connectivity index (χ0v) is 16.9. The summed E-state index contributed by atoms with van der Waals surface area (Å²) in [6, 6.07) is 30.3. The summed E-state index contributed by atoms with van der Waals surface area (Å²) in [6.45, 7) is 0. The summed E-state index contributed by atoms with van der Waals surface area (Å²) in [5.74, 6) is 0. The van der Waals surface area contributed by atoms with Crippen molar-refractivity contribution in [1.82, 2.24) is 9.55 Å². The Labute approximate surface area is 174 Å². The third-order valence-electron chi connectivity index (χ3n) is 5.65. The third-order valence-corrected chi connectivity index (χ3v) is 7.81. The maximum atomic E-state index is 4.97. The number of aromatic nitrogens is 2. The molecule has 3 aromatic heterocycles. The number of rotatable bonds is 1. The smallest absolute Gasteiger partial charge is 0.195 e. The molecular weight excluding hydrogens is 392 g/mol. The van der Waals surface area contributed by atoms with E-state index in [0.717, 1.165) is 10.6 Å². The highest BCUT2D eigenvalue weighted by atomic mass is 32.1. The minimum absolute atomic E-state index is 1.02. The molecule has 0 radical (unpaired) electrons. The lowest BCUT2D eigenvalue weighted by atomic mass is 10.1. The number of thiazole rings is 1. The molecule has 3 heterocycles. The van der Waals surface area contributed by atoms with Crippen molar-refractivity contribution in [2.24, 2.45) is 0 Å². The number of thiophene rings is 1. The standard InChI is InChI=1S/C25H14N2S2/c1-4-10-18-15(7-1)23-19(27(18)25-26-17-9-3-6-12-21(17)29-25)13-14-22-24(23)16-8-2-5-11-20(16)28-22/h1-14H. The van der Waals surface area contributed by atoms with Gasteiger partial charge in [0.15, 0.2) is 5.13 Å². The van der Waals surface area contributed by atoms with Gasteiger partial charge in [0, 0.05) is 30.9 Å². The Bertz CT molecular complexity index is 1680. The highest BCUT2D eigenvalue weighted by molar-refractivity contribution is 7.26. The summed E-state index contributed by atoms with van der Waals surface area (Å²) in [6.07, 6.45) is 0. The van der Waals surface area contributed by atoms with Crippen molar-refractivity contribution in [2.75, 3.05) is 0 Å². The first kappa shape index (κ1) is 15.7. The normalized spacial score (nSPS) is 12.1. The lowest BCUT2D eigenvalue weighted by Crippen LogP contribution is -1.92. The summed E-state index contributed by atoms with van der Waals surface area (Å²) >= 11 is 3.62. The van der Waals surface area contributed by atoms with E-state index < -0.39 is 0 Å². The molecule has 0 unspecified atom stereocenters. The molecule has 2 nitrogen and oxygen atoms in total. The van der Waals surface area contributed by atoms with Crippen LogP contribution in [0.25, 0.3) is 57.3 Å². The van der Waals surface area contributed by atoms with Crippen molar-refractivity contribution in [2.45, 2.75) is 0 Å². The average Bonchev–Trinajstić information content (AvgIpc) is 3.44. The molecule has 0 fully saturated rings. The Morgan fingerprint density at radius 1 is 0.552 bits per heavy atom. The van der Waals surface area contributed by atoms with Crippen LogP contribution in [0.15, 0.2) is 84.9 Å². The molecule has 0 saturated heterocycles. The minimum Gasteiger partial charge on any atom is -0.285 e. The van der Waals surface area contributed by atoms with Crippen LogP contribution in [0.1, 0.15) is 0 Å². The first-order valence-corrected chi connectivity index (χ1v) is 11.2. The van der Waals surface area contributed by atoms with Gasteiger partial charge >= 0.3 is 0 Å². The largest absolute Gasteiger partial charge is 0.285 e. The Balaban J connectivity index is 1.72. The van der Waals surface area contributed by atoms with Crippen LogP contribution < -0.4 is 0 Å². The van der Waals surface area contributed by atoms with Crippen LogP contribution in [0, 0.1) is 0 Å². The molecule has 136 valence electrons. The quantitative estimate of drug-likeness (QED) is 0.272.